The average molecular weight is 223 g/mol. The van der Waals surface area contributed by atoms with E-state index in [0.717, 1.165) is 0 Å². The first-order chi connectivity index (χ1) is 7.61. The van der Waals surface area contributed by atoms with E-state index >= 15 is 0 Å². The number of amides is 1. The Bertz CT molecular complexity index is 377. The minimum absolute atomic E-state index is 0.0581. The van der Waals surface area contributed by atoms with Crippen molar-refractivity contribution in [2.75, 3.05) is 19.7 Å². The molecule has 0 saturated carbocycles. The molecular weight excluding hydrogens is 206 g/mol. The number of aliphatic hydroxyl groups excluding tert-OH is 1. The smallest absolute Gasteiger partial charge is 0.254 e. The summed E-state index contributed by atoms with van der Waals surface area (Å²) in [5.74, 6) is -0.0455. The molecule has 2 N–H and O–H groups in total. The van der Waals surface area contributed by atoms with Crippen LogP contribution < -0.4 is 0 Å². The van der Waals surface area contributed by atoms with Crippen molar-refractivity contribution >= 4 is 5.91 Å². The van der Waals surface area contributed by atoms with E-state index < -0.39 is 0 Å². The maximum Gasteiger partial charge on any atom is 0.254 e. The number of rotatable bonds is 4. The van der Waals surface area contributed by atoms with Gasteiger partial charge in [-0.2, -0.15) is 0 Å². The Balaban J connectivity index is 2.99. The maximum absolute atomic E-state index is 12.0. The number of nitrogens with zero attached hydrogens (tertiary/aromatic N) is 1. The first kappa shape index (κ1) is 12.5. The van der Waals surface area contributed by atoms with Crippen LogP contribution >= 0.6 is 0 Å². The van der Waals surface area contributed by atoms with Crippen LogP contribution in [0.1, 0.15) is 22.8 Å². The van der Waals surface area contributed by atoms with Gasteiger partial charge >= 0.3 is 0 Å². The molecule has 1 rings (SSSR count). The number of aromatic hydroxyl groups is 1. The highest BCUT2D eigenvalue weighted by Gasteiger charge is 2.16. The minimum Gasteiger partial charge on any atom is -0.508 e. The fourth-order valence-corrected chi connectivity index (χ4v) is 1.55. The number of phenolic OH excluding ortho intramolecular Hbond substituents is 1. The Labute approximate surface area is 95.1 Å². The SMILES string of the molecule is CCN(CCO)C(=O)c1cccc(O)c1C. The van der Waals surface area contributed by atoms with E-state index in [2.05, 4.69) is 0 Å². The third-order valence-electron chi connectivity index (χ3n) is 2.57. The first-order valence-electron chi connectivity index (χ1n) is 5.30. The highest BCUT2D eigenvalue weighted by Crippen LogP contribution is 2.20. The molecule has 0 aliphatic carbocycles. The predicted octanol–water partition coefficient (Wildman–Crippen LogP) is 1.16. The van der Waals surface area contributed by atoms with Crippen LogP contribution in [0.5, 0.6) is 5.75 Å². The quantitative estimate of drug-likeness (QED) is 0.805. The molecule has 0 aliphatic heterocycles. The highest BCUT2D eigenvalue weighted by atomic mass is 16.3. The fraction of sp³-hybridized carbons (Fsp3) is 0.417. The second kappa shape index (κ2) is 5.51. The van der Waals surface area contributed by atoms with Gasteiger partial charge < -0.3 is 15.1 Å². The first-order valence-corrected chi connectivity index (χ1v) is 5.30. The van der Waals surface area contributed by atoms with Crippen LogP contribution in [-0.4, -0.2) is 40.7 Å². The lowest BCUT2D eigenvalue weighted by atomic mass is 10.1. The van der Waals surface area contributed by atoms with E-state index in [1.165, 1.54) is 0 Å². The monoisotopic (exact) mass is 223 g/mol. The van der Waals surface area contributed by atoms with E-state index in [0.29, 0.717) is 24.2 Å². The van der Waals surface area contributed by atoms with Gasteiger partial charge in [0.05, 0.1) is 6.61 Å². The number of hydrogen-bond donors (Lipinski definition) is 2. The van der Waals surface area contributed by atoms with Gasteiger partial charge in [0.25, 0.3) is 5.91 Å². The molecule has 0 aliphatic rings. The van der Waals surface area contributed by atoms with Crippen LogP contribution in [0.25, 0.3) is 0 Å². The number of benzene rings is 1. The molecule has 4 nitrogen and oxygen atoms in total. The molecular formula is C12H17NO3. The fourth-order valence-electron chi connectivity index (χ4n) is 1.55. The summed E-state index contributed by atoms with van der Waals surface area (Å²) in [4.78, 5) is 13.6. The van der Waals surface area contributed by atoms with Crippen LogP contribution in [0.3, 0.4) is 0 Å². The molecule has 0 heterocycles. The predicted molar refractivity (Wildman–Crippen MR) is 61.5 cm³/mol. The Morgan fingerprint density at radius 1 is 1.44 bits per heavy atom. The standard InChI is InChI=1S/C12H17NO3/c1-3-13(7-8-14)12(16)10-5-4-6-11(15)9(10)2/h4-6,14-15H,3,7-8H2,1-2H3. The molecule has 88 valence electrons. The number of likely N-dealkylation sites (N-methyl/N-ethyl adjacent to an activating group) is 1. The van der Waals surface area contributed by atoms with Crippen molar-refractivity contribution in [2.45, 2.75) is 13.8 Å². The zero-order valence-electron chi connectivity index (χ0n) is 9.60. The summed E-state index contributed by atoms with van der Waals surface area (Å²) >= 11 is 0. The van der Waals surface area contributed by atoms with Crippen molar-refractivity contribution in [1.82, 2.24) is 4.90 Å². The van der Waals surface area contributed by atoms with Crippen molar-refractivity contribution < 1.29 is 15.0 Å². The van der Waals surface area contributed by atoms with Gasteiger partial charge in [-0.3, -0.25) is 4.79 Å². The molecule has 0 aromatic heterocycles. The van der Waals surface area contributed by atoms with E-state index in [-0.39, 0.29) is 18.3 Å². The molecule has 0 radical (unpaired) electrons. The van der Waals surface area contributed by atoms with Gasteiger partial charge in [-0.15, -0.1) is 0 Å². The molecule has 0 atom stereocenters. The molecule has 0 fully saturated rings. The van der Waals surface area contributed by atoms with Gasteiger partial charge in [0.1, 0.15) is 5.75 Å². The molecule has 0 spiro atoms. The third-order valence-corrected chi connectivity index (χ3v) is 2.57. The lowest BCUT2D eigenvalue weighted by molar-refractivity contribution is 0.0731. The summed E-state index contributed by atoms with van der Waals surface area (Å²) in [5.41, 5.74) is 1.05. The van der Waals surface area contributed by atoms with E-state index in [9.17, 15) is 9.90 Å². The van der Waals surface area contributed by atoms with Crippen LogP contribution in [0.4, 0.5) is 0 Å². The summed E-state index contributed by atoms with van der Waals surface area (Å²) in [7, 11) is 0. The van der Waals surface area contributed by atoms with Crippen LogP contribution in [0.2, 0.25) is 0 Å². The second-order valence-corrected chi connectivity index (χ2v) is 3.56. The molecule has 16 heavy (non-hydrogen) atoms. The van der Waals surface area contributed by atoms with Gasteiger partial charge in [-0.05, 0) is 26.0 Å². The lowest BCUT2D eigenvalue weighted by Gasteiger charge is -2.20. The number of aliphatic hydroxyl groups is 1. The number of hydrogen-bond acceptors (Lipinski definition) is 3. The van der Waals surface area contributed by atoms with Crippen LogP contribution in [0, 0.1) is 6.92 Å². The van der Waals surface area contributed by atoms with Crippen molar-refractivity contribution in [2.24, 2.45) is 0 Å². The van der Waals surface area contributed by atoms with Crippen LogP contribution in [-0.2, 0) is 0 Å². The summed E-state index contributed by atoms with van der Waals surface area (Å²) in [6, 6.07) is 4.87. The Hall–Kier alpha value is -1.55. The van der Waals surface area contributed by atoms with Gasteiger partial charge in [0.2, 0.25) is 0 Å². The van der Waals surface area contributed by atoms with Gasteiger partial charge in [-0.25, -0.2) is 0 Å². The molecule has 1 aromatic rings. The Morgan fingerprint density at radius 2 is 2.12 bits per heavy atom. The summed E-state index contributed by atoms with van der Waals surface area (Å²) in [6.07, 6.45) is 0. The Kier molecular flexibility index (Phi) is 4.31. The zero-order valence-corrected chi connectivity index (χ0v) is 9.60. The number of phenols is 1. The van der Waals surface area contributed by atoms with Crippen LogP contribution in [0.15, 0.2) is 18.2 Å². The van der Waals surface area contributed by atoms with Crippen molar-refractivity contribution in [1.29, 1.82) is 0 Å². The average Bonchev–Trinajstić information content (AvgIpc) is 2.29. The summed E-state index contributed by atoms with van der Waals surface area (Å²) in [5, 5.41) is 18.4. The molecule has 1 amide bonds. The molecule has 0 unspecified atom stereocenters. The zero-order chi connectivity index (χ0) is 12.1. The second-order valence-electron chi connectivity index (χ2n) is 3.56. The van der Waals surface area contributed by atoms with E-state index in [4.69, 9.17) is 5.11 Å². The lowest BCUT2D eigenvalue weighted by Crippen LogP contribution is -2.33. The maximum atomic E-state index is 12.0. The number of carbonyl (C=O) groups is 1. The number of carbonyl (C=O) groups excluding carboxylic acids is 1. The molecule has 1 aromatic carbocycles. The largest absolute Gasteiger partial charge is 0.508 e. The molecule has 4 heteroatoms. The van der Waals surface area contributed by atoms with Crippen molar-refractivity contribution in [3.8, 4) is 5.75 Å². The third kappa shape index (κ3) is 2.52. The van der Waals surface area contributed by atoms with Crippen molar-refractivity contribution in [3.05, 3.63) is 29.3 Å². The summed E-state index contributed by atoms with van der Waals surface area (Å²) < 4.78 is 0. The van der Waals surface area contributed by atoms with E-state index in [1.54, 1.807) is 30.0 Å². The molecule has 0 saturated heterocycles. The topological polar surface area (TPSA) is 60.8 Å². The van der Waals surface area contributed by atoms with Gasteiger partial charge in [-0.1, -0.05) is 6.07 Å². The molecule has 0 bridgehead atoms. The minimum atomic E-state index is -0.162. The van der Waals surface area contributed by atoms with Crippen molar-refractivity contribution in [3.63, 3.8) is 0 Å². The summed E-state index contributed by atoms with van der Waals surface area (Å²) in [6.45, 7) is 4.34. The normalized spacial score (nSPS) is 10.2. The van der Waals surface area contributed by atoms with E-state index in [1.807, 2.05) is 6.92 Å². The van der Waals surface area contributed by atoms with Gasteiger partial charge in [0.15, 0.2) is 0 Å². The highest BCUT2D eigenvalue weighted by molar-refractivity contribution is 5.96. The van der Waals surface area contributed by atoms with Gasteiger partial charge in [0, 0.05) is 24.2 Å². The Morgan fingerprint density at radius 3 is 2.69 bits per heavy atom.